The van der Waals surface area contributed by atoms with Crippen molar-refractivity contribution < 1.29 is 13.2 Å². The summed E-state index contributed by atoms with van der Waals surface area (Å²) in [6.45, 7) is 2.40. The second-order valence-corrected chi connectivity index (χ2v) is 4.20. The molecule has 0 fully saturated rings. The molecule has 0 heterocycles. The lowest BCUT2D eigenvalue weighted by molar-refractivity contribution is -0.137. The van der Waals surface area contributed by atoms with Gasteiger partial charge in [-0.2, -0.15) is 18.4 Å². The number of nitrogens with one attached hydrogen (secondary N) is 1. The van der Waals surface area contributed by atoms with Gasteiger partial charge in [-0.25, -0.2) is 0 Å². The van der Waals surface area contributed by atoms with Gasteiger partial charge in [-0.15, -0.1) is 11.6 Å². The molecule has 0 bridgehead atoms. The Morgan fingerprint density at radius 2 is 2.00 bits per heavy atom. The minimum absolute atomic E-state index is 0.0269. The Morgan fingerprint density at radius 1 is 1.38 bits per heavy atom. The minimum atomic E-state index is -4.53. The van der Waals surface area contributed by atoms with Crippen molar-refractivity contribution in [1.82, 2.24) is 0 Å². The van der Waals surface area contributed by atoms with E-state index >= 15 is 0 Å². The van der Waals surface area contributed by atoms with Crippen molar-refractivity contribution >= 4 is 17.3 Å². The molecular weight excluding hydrogens is 303 g/mol. The molecule has 1 aromatic carbocycles. The van der Waals surface area contributed by atoms with E-state index < -0.39 is 11.7 Å². The molecular formula is C14H19ClF3N3. The zero-order valence-electron chi connectivity index (χ0n) is 12.0. The van der Waals surface area contributed by atoms with Crippen LogP contribution in [0.2, 0.25) is 0 Å². The van der Waals surface area contributed by atoms with E-state index in [4.69, 9.17) is 11.0 Å². The Bertz CT molecular complexity index is 470. The van der Waals surface area contributed by atoms with E-state index in [-0.39, 0.29) is 11.6 Å². The maximum atomic E-state index is 12.8. The zero-order chi connectivity index (χ0) is 16.5. The van der Waals surface area contributed by atoms with Crippen LogP contribution < -0.4 is 11.1 Å². The molecule has 21 heavy (non-hydrogen) atoms. The first-order valence-corrected chi connectivity index (χ1v) is 7.13. The van der Waals surface area contributed by atoms with Crippen LogP contribution in [0.3, 0.4) is 0 Å². The highest BCUT2D eigenvalue weighted by Crippen LogP contribution is 2.33. The fourth-order valence-corrected chi connectivity index (χ4v) is 1.78. The normalized spacial score (nSPS) is 11.9. The SMILES string of the molecule is CCC(CCN)Nc1ccc(C#N)c(C(F)(F)F)c1.CCl. The number of hydrogen-bond donors (Lipinski definition) is 2. The van der Waals surface area contributed by atoms with Crippen molar-refractivity contribution in [2.45, 2.75) is 32.0 Å². The van der Waals surface area contributed by atoms with E-state index in [2.05, 4.69) is 16.9 Å². The predicted molar refractivity (Wildman–Crippen MR) is 79.3 cm³/mol. The maximum Gasteiger partial charge on any atom is 0.417 e. The lowest BCUT2D eigenvalue weighted by Crippen LogP contribution is -2.22. The van der Waals surface area contributed by atoms with Crippen molar-refractivity contribution in [3.63, 3.8) is 0 Å². The first-order chi connectivity index (χ1) is 9.92. The molecule has 3 nitrogen and oxygen atoms in total. The minimum Gasteiger partial charge on any atom is -0.382 e. The number of nitrogens with zero attached hydrogens (tertiary/aromatic N) is 1. The lowest BCUT2D eigenvalue weighted by Gasteiger charge is -2.19. The van der Waals surface area contributed by atoms with Gasteiger partial charge in [0.05, 0.1) is 17.2 Å². The molecule has 1 atom stereocenters. The second kappa shape index (κ2) is 9.48. The van der Waals surface area contributed by atoms with Crippen molar-refractivity contribution in [3.05, 3.63) is 29.3 Å². The monoisotopic (exact) mass is 321 g/mol. The molecule has 1 rings (SSSR count). The van der Waals surface area contributed by atoms with Crippen LogP contribution in [0.15, 0.2) is 18.2 Å². The second-order valence-electron chi connectivity index (χ2n) is 4.20. The van der Waals surface area contributed by atoms with Gasteiger partial charge in [0.1, 0.15) is 0 Å². The Kier molecular flexibility index (Phi) is 8.83. The topological polar surface area (TPSA) is 61.8 Å². The van der Waals surface area contributed by atoms with Gasteiger partial charge in [-0.3, -0.25) is 0 Å². The smallest absolute Gasteiger partial charge is 0.382 e. The fourth-order valence-electron chi connectivity index (χ4n) is 1.78. The van der Waals surface area contributed by atoms with E-state index in [9.17, 15) is 13.2 Å². The van der Waals surface area contributed by atoms with Gasteiger partial charge in [-0.05, 0) is 37.6 Å². The summed E-state index contributed by atoms with van der Waals surface area (Å²) in [5, 5.41) is 11.7. The molecule has 1 aromatic rings. The highest BCUT2D eigenvalue weighted by molar-refractivity contribution is 6.15. The third-order valence-electron chi connectivity index (χ3n) is 2.82. The molecule has 7 heteroatoms. The van der Waals surface area contributed by atoms with Crippen LogP contribution >= 0.6 is 11.6 Å². The molecule has 1 unspecified atom stereocenters. The molecule has 0 radical (unpaired) electrons. The molecule has 118 valence electrons. The van der Waals surface area contributed by atoms with E-state index in [1.165, 1.54) is 18.5 Å². The zero-order valence-corrected chi connectivity index (χ0v) is 12.7. The number of alkyl halides is 4. The molecule has 0 amide bonds. The molecule has 3 N–H and O–H groups in total. The number of rotatable bonds is 5. The van der Waals surface area contributed by atoms with Crippen molar-refractivity contribution in [3.8, 4) is 6.07 Å². The fraction of sp³-hybridized carbons (Fsp3) is 0.500. The standard InChI is InChI=1S/C13H16F3N3.CH3Cl/c1-2-10(5-6-17)19-11-4-3-9(8-18)12(7-11)13(14,15)16;1-2/h3-4,7,10,19H,2,5-6,17H2,1H3;1H3. The molecule has 0 saturated carbocycles. The first-order valence-electron chi connectivity index (χ1n) is 6.38. The van der Waals surface area contributed by atoms with Gasteiger partial charge in [0.25, 0.3) is 0 Å². The Morgan fingerprint density at radius 3 is 2.43 bits per heavy atom. The summed E-state index contributed by atoms with van der Waals surface area (Å²) in [5.74, 6) is 0. The van der Waals surface area contributed by atoms with Crippen LogP contribution in [-0.4, -0.2) is 19.0 Å². The van der Waals surface area contributed by atoms with Crippen LogP contribution in [0.4, 0.5) is 18.9 Å². The summed E-state index contributed by atoms with van der Waals surface area (Å²) in [5.41, 5.74) is 4.51. The summed E-state index contributed by atoms with van der Waals surface area (Å²) >= 11 is 4.64. The quantitative estimate of drug-likeness (QED) is 0.807. The molecule has 0 aromatic heterocycles. The van der Waals surface area contributed by atoms with Gasteiger partial charge in [-0.1, -0.05) is 6.92 Å². The molecule has 0 aliphatic rings. The number of benzene rings is 1. The van der Waals surface area contributed by atoms with Crippen LogP contribution in [0.25, 0.3) is 0 Å². The third kappa shape index (κ3) is 6.23. The third-order valence-corrected chi connectivity index (χ3v) is 2.82. The predicted octanol–water partition coefficient (Wildman–Crippen LogP) is 3.97. The first kappa shape index (κ1) is 19.6. The van der Waals surface area contributed by atoms with Crippen molar-refractivity contribution in [2.24, 2.45) is 5.73 Å². The molecule has 0 aliphatic heterocycles. The maximum absolute atomic E-state index is 12.8. The largest absolute Gasteiger partial charge is 0.417 e. The number of halogens is 4. The molecule has 0 saturated heterocycles. The van der Waals surface area contributed by atoms with E-state index in [0.717, 1.165) is 12.5 Å². The average Bonchev–Trinajstić information content (AvgIpc) is 2.48. The van der Waals surface area contributed by atoms with Crippen LogP contribution in [0, 0.1) is 11.3 Å². The van der Waals surface area contributed by atoms with Gasteiger partial charge in [0, 0.05) is 18.1 Å². The van der Waals surface area contributed by atoms with Gasteiger partial charge >= 0.3 is 6.18 Å². The van der Waals surface area contributed by atoms with Gasteiger partial charge < -0.3 is 11.1 Å². The van der Waals surface area contributed by atoms with Gasteiger partial charge in [0.2, 0.25) is 0 Å². The summed E-state index contributed by atoms with van der Waals surface area (Å²) in [4.78, 5) is 0. The van der Waals surface area contributed by atoms with Crippen LogP contribution in [-0.2, 0) is 6.18 Å². The Hall–Kier alpha value is -1.45. The summed E-state index contributed by atoms with van der Waals surface area (Å²) in [7, 11) is 0. The van der Waals surface area contributed by atoms with Crippen LogP contribution in [0.1, 0.15) is 30.9 Å². The summed E-state index contributed by atoms with van der Waals surface area (Å²) in [6.07, 6.45) is -1.62. The number of anilines is 1. The lowest BCUT2D eigenvalue weighted by atomic mass is 10.1. The van der Waals surface area contributed by atoms with Crippen molar-refractivity contribution in [2.75, 3.05) is 18.2 Å². The number of nitriles is 1. The summed E-state index contributed by atoms with van der Waals surface area (Å²) in [6, 6.07) is 5.21. The van der Waals surface area contributed by atoms with Gasteiger partial charge in [0.15, 0.2) is 0 Å². The summed E-state index contributed by atoms with van der Waals surface area (Å²) < 4.78 is 38.4. The number of nitrogens with two attached hydrogens (primary N) is 1. The highest BCUT2D eigenvalue weighted by atomic mass is 35.5. The van der Waals surface area contributed by atoms with E-state index in [1.54, 1.807) is 6.07 Å². The highest BCUT2D eigenvalue weighted by Gasteiger charge is 2.33. The van der Waals surface area contributed by atoms with Crippen molar-refractivity contribution in [1.29, 1.82) is 5.26 Å². The van der Waals surface area contributed by atoms with Crippen LogP contribution in [0.5, 0.6) is 0 Å². The Labute approximate surface area is 127 Å². The Balaban J connectivity index is 0.00000191. The van der Waals surface area contributed by atoms with E-state index in [1.807, 2.05) is 6.92 Å². The molecule has 0 spiro atoms. The average molecular weight is 322 g/mol. The molecule has 0 aliphatic carbocycles. The number of hydrogen-bond acceptors (Lipinski definition) is 3. The van der Waals surface area contributed by atoms with E-state index in [0.29, 0.717) is 18.7 Å².